The van der Waals surface area contributed by atoms with Gasteiger partial charge in [0, 0.05) is 17.2 Å². The molecule has 0 spiro atoms. The van der Waals surface area contributed by atoms with Crippen LogP contribution in [0.1, 0.15) is 102 Å². The largest absolute Gasteiger partial charge is 0.508 e. The van der Waals surface area contributed by atoms with E-state index in [0.29, 0.717) is 30.4 Å². The lowest BCUT2D eigenvalue weighted by Crippen LogP contribution is -2.23. The van der Waals surface area contributed by atoms with Crippen molar-refractivity contribution in [2.24, 2.45) is 10.8 Å². The molecule has 0 atom stereocenters. The Balaban J connectivity index is 1.79. The van der Waals surface area contributed by atoms with Gasteiger partial charge in [-0.15, -0.1) is 0 Å². The van der Waals surface area contributed by atoms with E-state index in [2.05, 4.69) is 0 Å². The van der Waals surface area contributed by atoms with Gasteiger partial charge in [-0.3, -0.25) is 9.59 Å². The molecule has 0 saturated heterocycles. The average molecular weight is 465 g/mol. The van der Waals surface area contributed by atoms with Gasteiger partial charge in [0.25, 0.3) is 0 Å². The van der Waals surface area contributed by atoms with Gasteiger partial charge in [-0.2, -0.15) is 0 Å². The van der Waals surface area contributed by atoms with E-state index in [0.717, 1.165) is 70.6 Å². The highest BCUT2D eigenvalue weighted by Crippen LogP contribution is 2.50. The monoisotopic (exact) mass is 464 g/mol. The van der Waals surface area contributed by atoms with Crippen LogP contribution in [0.4, 0.5) is 0 Å². The van der Waals surface area contributed by atoms with Crippen LogP contribution in [0.2, 0.25) is 0 Å². The van der Waals surface area contributed by atoms with Crippen LogP contribution in [-0.4, -0.2) is 37.5 Å². The van der Waals surface area contributed by atoms with Crippen LogP contribution in [0, 0.1) is 10.8 Å². The molecule has 0 bridgehead atoms. The molecule has 5 N–H and O–H groups in total. The molecular formula is C26H40O7. The summed E-state index contributed by atoms with van der Waals surface area (Å²) < 4.78 is 0. The first-order valence-electron chi connectivity index (χ1n) is 12.2. The summed E-state index contributed by atoms with van der Waals surface area (Å²) in [6.45, 7) is 3.46. The van der Waals surface area contributed by atoms with Crippen molar-refractivity contribution in [2.75, 3.05) is 0 Å². The summed E-state index contributed by atoms with van der Waals surface area (Å²) in [5.41, 5.74) is 0.0510. The van der Waals surface area contributed by atoms with E-state index in [-0.39, 0.29) is 17.2 Å². The number of hydrogen-bond donors (Lipinski definition) is 5. The minimum atomic E-state index is -0.787. The standard InChI is InChI=1S/C26H40O7/c1-25(2,23(30)31)13-9-5-3-7-11-18-19(22(29)21(28)17-20(18)27)12-8-4-6-10-14-26(15-16-26)24(32)33/h17,27-29H,3-16H2,1-2H3,(H,30,31)(H,32,33). The fourth-order valence-electron chi connectivity index (χ4n) is 4.45. The SMILES string of the molecule is CC(C)(CCCCCCc1c(O)cc(O)c(O)c1CCCCCCC1(C(=O)O)CC1)C(=O)O. The fourth-order valence-corrected chi connectivity index (χ4v) is 4.45. The number of hydrogen-bond acceptors (Lipinski definition) is 5. The number of phenols is 3. The molecule has 2 rings (SSSR count). The third kappa shape index (κ3) is 7.54. The van der Waals surface area contributed by atoms with Gasteiger partial charge in [0.05, 0.1) is 10.8 Å². The average Bonchev–Trinajstić information content (AvgIpc) is 3.53. The maximum absolute atomic E-state index is 11.2. The number of phenolic OH excluding ortho intramolecular Hbond substituents is 3. The van der Waals surface area contributed by atoms with Crippen molar-refractivity contribution in [3.05, 3.63) is 17.2 Å². The zero-order chi connectivity index (χ0) is 24.6. The number of carboxylic acid groups (broad SMARTS) is 2. The quantitative estimate of drug-likeness (QED) is 0.119. The summed E-state index contributed by atoms with van der Waals surface area (Å²) in [7, 11) is 0. The molecule has 0 aromatic heterocycles. The molecule has 1 aromatic carbocycles. The third-order valence-corrected chi connectivity index (χ3v) is 7.17. The summed E-state index contributed by atoms with van der Waals surface area (Å²) >= 11 is 0. The number of benzene rings is 1. The normalized spacial score (nSPS) is 14.8. The summed E-state index contributed by atoms with van der Waals surface area (Å²) in [5.74, 6) is -1.97. The van der Waals surface area contributed by atoms with Crippen molar-refractivity contribution in [3.63, 3.8) is 0 Å². The maximum atomic E-state index is 11.2. The number of unbranched alkanes of at least 4 members (excludes halogenated alkanes) is 6. The van der Waals surface area contributed by atoms with Crippen LogP contribution in [-0.2, 0) is 22.4 Å². The molecule has 0 unspecified atom stereocenters. The molecule has 0 radical (unpaired) electrons. The molecule has 1 fully saturated rings. The van der Waals surface area contributed by atoms with Crippen molar-refractivity contribution in [1.29, 1.82) is 0 Å². The number of carboxylic acids is 2. The lowest BCUT2D eigenvalue weighted by Gasteiger charge is -2.18. The van der Waals surface area contributed by atoms with E-state index < -0.39 is 22.8 Å². The molecule has 0 amide bonds. The predicted molar refractivity (Wildman–Crippen MR) is 126 cm³/mol. The van der Waals surface area contributed by atoms with Crippen LogP contribution in [0.5, 0.6) is 17.2 Å². The molecule has 0 aliphatic heterocycles. The van der Waals surface area contributed by atoms with E-state index in [1.54, 1.807) is 13.8 Å². The highest BCUT2D eigenvalue weighted by molar-refractivity contribution is 5.77. The lowest BCUT2D eigenvalue weighted by molar-refractivity contribution is -0.147. The first kappa shape index (κ1) is 26.8. The van der Waals surface area contributed by atoms with Crippen LogP contribution >= 0.6 is 0 Å². The number of aromatic hydroxyl groups is 3. The third-order valence-electron chi connectivity index (χ3n) is 7.17. The van der Waals surface area contributed by atoms with E-state index in [1.165, 1.54) is 6.07 Å². The number of carbonyl (C=O) groups is 2. The van der Waals surface area contributed by atoms with Crippen molar-refractivity contribution < 1.29 is 35.1 Å². The maximum Gasteiger partial charge on any atom is 0.309 e. The molecular weight excluding hydrogens is 424 g/mol. The van der Waals surface area contributed by atoms with Crippen LogP contribution in [0.3, 0.4) is 0 Å². The molecule has 1 saturated carbocycles. The van der Waals surface area contributed by atoms with E-state index in [9.17, 15) is 35.1 Å². The molecule has 1 aromatic rings. The molecule has 1 aliphatic carbocycles. The second-order valence-electron chi connectivity index (χ2n) is 10.3. The zero-order valence-electron chi connectivity index (χ0n) is 20.0. The van der Waals surface area contributed by atoms with E-state index >= 15 is 0 Å². The Kier molecular flexibility index (Phi) is 9.44. The Morgan fingerprint density at radius 2 is 1.36 bits per heavy atom. The molecule has 7 heteroatoms. The Bertz CT molecular complexity index is 824. The Hall–Kier alpha value is -2.44. The minimum Gasteiger partial charge on any atom is -0.508 e. The van der Waals surface area contributed by atoms with Crippen molar-refractivity contribution in [1.82, 2.24) is 0 Å². The molecule has 1 aliphatic rings. The molecule has 0 heterocycles. The molecule has 33 heavy (non-hydrogen) atoms. The van der Waals surface area contributed by atoms with Gasteiger partial charge >= 0.3 is 11.9 Å². The smallest absolute Gasteiger partial charge is 0.309 e. The van der Waals surface area contributed by atoms with Gasteiger partial charge in [0.1, 0.15) is 5.75 Å². The Morgan fingerprint density at radius 3 is 1.91 bits per heavy atom. The van der Waals surface area contributed by atoms with Crippen LogP contribution < -0.4 is 0 Å². The summed E-state index contributed by atoms with van der Waals surface area (Å²) in [6.07, 6.45) is 10.9. The first-order chi connectivity index (χ1) is 15.5. The number of rotatable bonds is 16. The Labute approximate surface area is 196 Å². The van der Waals surface area contributed by atoms with Crippen molar-refractivity contribution in [2.45, 2.75) is 104 Å². The van der Waals surface area contributed by atoms with Gasteiger partial charge < -0.3 is 25.5 Å². The van der Waals surface area contributed by atoms with Crippen LogP contribution in [0.15, 0.2) is 6.07 Å². The zero-order valence-corrected chi connectivity index (χ0v) is 20.0. The van der Waals surface area contributed by atoms with Crippen molar-refractivity contribution >= 4 is 11.9 Å². The van der Waals surface area contributed by atoms with Gasteiger partial charge in [-0.25, -0.2) is 0 Å². The highest BCUT2D eigenvalue weighted by atomic mass is 16.4. The first-order valence-corrected chi connectivity index (χ1v) is 12.2. The number of aliphatic carboxylic acids is 2. The second kappa shape index (κ2) is 11.6. The topological polar surface area (TPSA) is 135 Å². The summed E-state index contributed by atoms with van der Waals surface area (Å²) in [6, 6.07) is 1.19. The van der Waals surface area contributed by atoms with Gasteiger partial charge in [0.15, 0.2) is 11.5 Å². The lowest BCUT2D eigenvalue weighted by atomic mass is 9.87. The summed E-state index contributed by atoms with van der Waals surface area (Å²) in [5, 5.41) is 49.1. The molecule has 186 valence electrons. The predicted octanol–water partition coefficient (Wildman–Crippen LogP) is 5.77. The van der Waals surface area contributed by atoms with Gasteiger partial charge in [-0.05, 0) is 65.2 Å². The molecule has 7 nitrogen and oxygen atoms in total. The van der Waals surface area contributed by atoms with Gasteiger partial charge in [-0.1, -0.05) is 38.5 Å². The minimum absolute atomic E-state index is 0.00977. The van der Waals surface area contributed by atoms with Crippen molar-refractivity contribution in [3.8, 4) is 17.2 Å². The van der Waals surface area contributed by atoms with E-state index in [4.69, 9.17) is 0 Å². The highest BCUT2D eigenvalue weighted by Gasteiger charge is 2.49. The fraction of sp³-hybridized carbons (Fsp3) is 0.692. The van der Waals surface area contributed by atoms with Gasteiger partial charge in [0.2, 0.25) is 0 Å². The Morgan fingerprint density at radius 1 is 0.818 bits per heavy atom. The van der Waals surface area contributed by atoms with E-state index in [1.807, 2.05) is 0 Å². The summed E-state index contributed by atoms with van der Waals surface area (Å²) in [4.78, 5) is 22.4. The van der Waals surface area contributed by atoms with Crippen LogP contribution in [0.25, 0.3) is 0 Å². The second-order valence-corrected chi connectivity index (χ2v) is 10.3.